The highest BCUT2D eigenvalue weighted by atomic mass is 35.5. The Hall–Kier alpha value is -2.27. The number of nitrogens with one attached hydrogen (secondary N) is 1. The van der Waals surface area contributed by atoms with Crippen LogP contribution in [-0.4, -0.2) is 18.7 Å². The van der Waals surface area contributed by atoms with Gasteiger partial charge in [0, 0.05) is 5.02 Å². The maximum absolute atomic E-state index is 11.8. The van der Waals surface area contributed by atoms with Gasteiger partial charge in [-0.05, 0) is 48.2 Å². The number of hydrazone groups is 1. The minimum Gasteiger partial charge on any atom is -0.483 e. The summed E-state index contributed by atoms with van der Waals surface area (Å²) in [5.74, 6) is 1.10. The van der Waals surface area contributed by atoms with Crippen LogP contribution in [0.5, 0.6) is 5.75 Å². The Morgan fingerprint density at radius 2 is 2.26 bits per heavy atom. The van der Waals surface area contributed by atoms with E-state index >= 15 is 0 Å². The van der Waals surface area contributed by atoms with Crippen molar-refractivity contribution >= 4 is 23.7 Å². The van der Waals surface area contributed by atoms with Crippen LogP contribution in [0.15, 0.2) is 40.0 Å². The number of amides is 1. The van der Waals surface area contributed by atoms with Crippen LogP contribution in [0, 0.1) is 6.92 Å². The van der Waals surface area contributed by atoms with Crippen LogP contribution in [-0.2, 0) is 4.79 Å². The molecule has 0 radical (unpaired) electrons. The highest BCUT2D eigenvalue weighted by Gasteiger charge is 2.12. The van der Waals surface area contributed by atoms with E-state index in [1.807, 2.05) is 32.9 Å². The first-order valence-electron chi connectivity index (χ1n) is 7.25. The second-order valence-corrected chi connectivity index (χ2v) is 5.80. The first-order chi connectivity index (χ1) is 11.0. The Morgan fingerprint density at radius 3 is 2.91 bits per heavy atom. The number of ether oxygens (including phenoxy) is 1. The van der Waals surface area contributed by atoms with E-state index in [9.17, 15) is 4.79 Å². The third-order valence-corrected chi connectivity index (χ3v) is 3.60. The predicted molar refractivity (Wildman–Crippen MR) is 90.2 cm³/mol. The Balaban J connectivity index is 1.94. The number of halogens is 1. The zero-order chi connectivity index (χ0) is 16.8. The van der Waals surface area contributed by atoms with Crippen LogP contribution >= 0.6 is 11.6 Å². The smallest absolute Gasteiger partial charge is 0.277 e. The van der Waals surface area contributed by atoms with E-state index in [0.717, 1.165) is 11.1 Å². The van der Waals surface area contributed by atoms with Gasteiger partial charge in [0.15, 0.2) is 6.61 Å². The average molecular weight is 335 g/mol. The number of nitrogens with zero attached hydrogens (tertiary/aromatic N) is 1. The number of carbonyl (C=O) groups excluding carboxylic acids is 1. The summed E-state index contributed by atoms with van der Waals surface area (Å²) in [5.41, 5.74) is 4.26. The van der Waals surface area contributed by atoms with E-state index in [-0.39, 0.29) is 18.4 Å². The van der Waals surface area contributed by atoms with E-state index in [0.29, 0.717) is 16.5 Å². The number of benzene rings is 1. The summed E-state index contributed by atoms with van der Waals surface area (Å²) in [4.78, 5) is 11.8. The second kappa shape index (κ2) is 7.83. The van der Waals surface area contributed by atoms with Crippen LogP contribution in [0.2, 0.25) is 5.02 Å². The Bertz CT molecular complexity index is 694. The zero-order valence-electron chi connectivity index (χ0n) is 13.3. The van der Waals surface area contributed by atoms with Crippen molar-refractivity contribution < 1.29 is 13.9 Å². The lowest BCUT2D eigenvalue weighted by molar-refractivity contribution is -0.123. The van der Waals surface area contributed by atoms with Crippen molar-refractivity contribution in [1.29, 1.82) is 0 Å². The number of hydrogen-bond acceptors (Lipinski definition) is 4. The molecular weight excluding hydrogens is 316 g/mol. The third-order valence-electron chi connectivity index (χ3n) is 3.20. The van der Waals surface area contributed by atoms with Gasteiger partial charge in [-0.1, -0.05) is 25.4 Å². The van der Waals surface area contributed by atoms with Crippen molar-refractivity contribution in [3.05, 3.63) is 52.4 Å². The van der Waals surface area contributed by atoms with Gasteiger partial charge in [0.2, 0.25) is 0 Å². The van der Waals surface area contributed by atoms with Gasteiger partial charge < -0.3 is 9.15 Å². The lowest BCUT2D eigenvalue weighted by Crippen LogP contribution is -2.25. The fraction of sp³-hybridized carbons (Fsp3) is 0.294. The van der Waals surface area contributed by atoms with Gasteiger partial charge in [0.25, 0.3) is 5.91 Å². The summed E-state index contributed by atoms with van der Waals surface area (Å²) in [5, 5.41) is 4.48. The average Bonchev–Trinajstić information content (AvgIpc) is 3.01. The Kier molecular flexibility index (Phi) is 5.82. The van der Waals surface area contributed by atoms with E-state index in [2.05, 4.69) is 10.5 Å². The molecule has 0 aliphatic heterocycles. The summed E-state index contributed by atoms with van der Waals surface area (Å²) < 4.78 is 10.7. The summed E-state index contributed by atoms with van der Waals surface area (Å²) in [6.45, 7) is 5.85. The van der Waals surface area contributed by atoms with Crippen molar-refractivity contribution in [3.63, 3.8) is 0 Å². The summed E-state index contributed by atoms with van der Waals surface area (Å²) in [6, 6.07) is 7.20. The third kappa shape index (κ3) is 4.86. The summed E-state index contributed by atoms with van der Waals surface area (Å²) in [6.07, 6.45) is 2.95. The van der Waals surface area contributed by atoms with Crippen LogP contribution in [0.25, 0.3) is 0 Å². The molecule has 0 aliphatic rings. The lowest BCUT2D eigenvalue weighted by Gasteiger charge is -2.15. The topological polar surface area (TPSA) is 63.8 Å². The molecule has 0 atom stereocenters. The van der Waals surface area contributed by atoms with Gasteiger partial charge in [0.05, 0.1) is 12.5 Å². The molecule has 122 valence electrons. The highest BCUT2D eigenvalue weighted by molar-refractivity contribution is 6.31. The maximum Gasteiger partial charge on any atom is 0.277 e. The first kappa shape index (κ1) is 17.1. The zero-order valence-corrected chi connectivity index (χ0v) is 14.1. The van der Waals surface area contributed by atoms with Crippen molar-refractivity contribution in [2.75, 3.05) is 6.61 Å². The van der Waals surface area contributed by atoms with E-state index in [4.69, 9.17) is 20.8 Å². The fourth-order valence-corrected chi connectivity index (χ4v) is 2.13. The summed E-state index contributed by atoms with van der Waals surface area (Å²) in [7, 11) is 0. The molecule has 2 aromatic rings. The predicted octanol–water partition coefficient (Wildman–Crippen LogP) is 3.89. The molecule has 0 bridgehead atoms. The van der Waals surface area contributed by atoms with Crippen molar-refractivity contribution in [2.45, 2.75) is 26.7 Å². The monoisotopic (exact) mass is 334 g/mol. The molecule has 1 aromatic heterocycles. The van der Waals surface area contributed by atoms with Crippen LogP contribution in [0.3, 0.4) is 0 Å². The van der Waals surface area contributed by atoms with Gasteiger partial charge in [0.1, 0.15) is 11.5 Å². The van der Waals surface area contributed by atoms with Crippen molar-refractivity contribution in [2.24, 2.45) is 5.10 Å². The SMILES string of the molecule is Cc1cc(OCC(=O)N/N=C/c2ccco2)c(C(C)C)cc1Cl. The molecule has 0 spiro atoms. The van der Waals surface area contributed by atoms with E-state index in [1.165, 1.54) is 12.5 Å². The number of hydrogen-bond donors (Lipinski definition) is 1. The number of aryl methyl sites for hydroxylation is 1. The molecule has 1 N–H and O–H groups in total. The molecule has 2 rings (SSSR count). The Labute approximate surface area is 140 Å². The van der Waals surface area contributed by atoms with Crippen molar-refractivity contribution in [3.8, 4) is 5.75 Å². The largest absolute Gasteiger partial charge is 0.483 e. The molecule has 6 heteroatoms. The molecule has 1 aromatic carbocycles. The van der Waals surface area contributed by atoms with Gasteiger partial charge >= 0.3 is 0 Å². The maximum atomic E-state index is 11.8. The number of furan rings is 1. The number of carbonyl (C=O) groups is 1. The van der Waals surface area contributed by atoms with Crippen LogP contribution in [0.4, 0.5) is 0 Å². The molecular formula is C17H19ClN2O3. The molecule has 0 fully saturated rings. The van der Waals surface area contributed by atoms with Crippen molar-refractivity contribution in [1.82, 2.24) is 5.43 Å². The summed E-state index contributed by atoms with van der Waals surface area (Å²) >= 11 is 6.15. The van der Waals surface area contributed by atoms with E-state index < -0.39 is 0 Å². The minimum absolute atomic E-state index is 0.129. The molecule has 0 unspecified atom stereocenters. The standard InChI is InChI=1S/C17H19ClN2O3/c1-11(2)14-8-15(18)12(3)7-16(14)23-10-17(21)20-19-9-13-5-4-6-22-13/h4-9,11H,10H2,1-3H3,(H,20,21)/b19-9+. The minimum atomic E-state index is -0.352. The van der Waals surface area contributed by atoms with Gasteiger partial charge in [-0.2, -0.15) is 5.10 Å². The molecule has 1 heterocycles. The molecule has 5 nitrogen and oxygen atoms in total. The molecule has 1 amide bonds. The van der Waals surface area contributed by atoms with E-state index in [1.54, 1.807) is 12.1 Å². The second-order valence-electron chi connectivity index (χ2n) is 5.39. The normalized spacial score (nSPS) is 11.2. The lowest BCUT2D eigenvalue weighted by atomic mass is 10.0. The quantitative estimate of drug-likeness (QED) is 0.643. The van der Waals surface area contributed by atoms with Gasteiger partial charge in [-0.15, -0.1) is 0 Å². The molecule has 0 aliphatic carbocycles. The fourth-order valence-electron chi connectivity index (χ4n) is 1.95. The molecule has 23 heavy (non-hydrogen) atoms. The Morgan fingerprint density at radius 1 is 1.48 bits per heavy atom. The van der Waals surface area contributed by atoms with Gasteiger partial charge in [-0.25, -0.2) is 5.43 Å². The molecule has 0 saturated carbocycles. The molecule has 0 saturated heterocycles. The van der Waals surface area contributed by atoms with Gasteiger partial charge in [-0.3, -0.25) is 4.79 Å². The van der Waals surface area contributed by atoms with Crippen LogP contribution in [0.1, 0.15) is 36.7 Å². The first-order valence-corrected chi connectivity index (χ1v) is 7.63. The highest BCUT2D eigenvalue weighted by Crippen LogP contribution is 2.31. The number of rotatable bonds is 6. The van der Waals surface area contributed by atoms with Crippen LogP contribution < -0.4 is 10.2 Å².